The van der Waals surface area contributed by atoms with E-state index < -0.39 is 86.7 Å². The van der Waals surface area contributed by atoms with Crippen molar-refractivity contribution in [2.75, 3.05) is 33.0 Å². The summed E-state index contributed by atoms with van der Waals surface area (Å²) >= 11 is 0. The van der Waals surface area contributed by atoms with Crippen molar-refractivity contribution in [2.45, 2.75) is 261 Å². The Bertz CT molecular complexity index is 1720. The van der Waals surface area contributed by atoms with Gasteiger partial charge in [-0.1, -0.05) is 194 Å². The van der Waals surface area contributed by atoms with Gasteiger partial charge in [0.25, 0.3) is 0 Å². The van der Waals surface area contributed by atoms with Crippen molar-refractivity contribution in [1.29, 1.82) is 0 Å². The van der Waals surface area contributed by atoms with E-state index in [9.17, 15) is 40.5 Å². The van der Waals surface area contributed by atoms with Crippen LogP contribution in [0, 0.1) is 0 Å². The van der Waals surface area contributed by atoms with Crippen LogP contribution in [0.3, 0.4) is 0 Å². The Morgan fingerprint density at radius 1 is 0.430 bits per heavy atom. The molecule has 2 saturated heterocycles. The molecule has 0 aromatic rings. The van der Waals surface area contributed by atoms with E-state index in [1.807, 2.05) is 0 Å². The Labute approximate surface area is 476 Å². The number of aliphatic hydroxyl groups is 7. The van der Waals surface area contributed by atoms with Gasteiger partial charge < -0.3 is 64.2 Å². The average molecular weight is 1110 g/mol. The zero-order chi connectivity index (χ0) is 57.2. The van der Waals surface area contributed by atoms with Crippen LogP contribution in [0.1, 0.15) is 194 Å². The lowest BCUT2D eigenvalue weighted by atomic mass is 9.98. The maximum Gasteiger partial charge on any atom is 0.306 e. The minimum absolute atomic E-state index is 0.0409. The summed E-state index contributed by atoms with van der Waals surface area (Å²) in [6, 6.07) is 0. The van der Waals surface area contributed by atoms with E-state index in [-0.39, 0.29) is 19.6 Å². The van der Waals surface area contributed by atoms with Gasteiger partial charge in [0, 0.05) is 13.0 Å². The van der Waals surface area contributed by atoms with Crippen LogP contribution in [-0.2, 0) is 33.2 Å². The van der Waals surface area contributed by atoms with Crippen LogP contribution in [0.4, 0.5) is 0 Å². The highest BCUT2D eigenvalue weighted by molar-refractivity contribution is 5.69. The predicted octanol–water partition coefficient (Wildman–Crippen LogP) is 11.5. The second-order valence-electron chi connectivity index (χ2n) is 20.8. The molecule has 2 aliphatic rings. The van der Waals surface area contributed by atoms with Gasteiger partial charge in [0.2, 0.25) is 0 Å². The lowest BCUT2D eigenvalue weighted by molar-refractivity contribution is -0.332. The predicted molar refractivity (Wildman–Crippen MR) is 316 cm³/mol. The molecule has 2 aliphatic heterocycles. The number of ether oxygens (including phenoxy) is 6. The van der Waals surface area contributed by atoms with Crippen LogP contribution < -0.4 is 0 Å². The molecule has 452 valence electrons. The standard InChI is InChI=1S/C65H108O14/c1-3-5-7-9-11-13-15-17-19-21-23-24-25-26-27-28-29-31-33-35-37-39-41-43-45-47-49-74-51-54(77-57(67)48-46-44-42-40-38-36-34-32-30-22-20-18-16-14-12-10-8-6-4-2)52-75-64-63(73)61(71)59(69)56(79-64)53-76-65-62(72)60(70)58(68)55(50-66)78-65/h5,7,11-14,17-20,23-24,26-27,29-32,54-56,58-66,68-73H,3-4,6,8-10,15-16,21-22,25,28,33-53H2,1-2H3/b7-5-,13-11-,14-12-,19-17-,20-18-,24-23-,27-26-,31-29-,32-30-. The number of hydrogen-bond donors (Lipinski definition) is 7. The third kappa shape index (κ3) is 36.7. The summed E-state index contributed by atoms with van der Waals surface area (Å²) < 4.78 is 34.4. The Morgan fingerprint density at radius 2 is 0.823 bits per heavy atom. The zero-order valence-corrected chi connectivity index (χ0v) is 48.6. The van der Waals surface area contributed by atoms with Crippen molar-refractivity contribution in [3.63, 3.8) is 0 Å². The Morgan fingerprint density at radius 3 is 1.29 bits per heavy atom. The molecule has 2 rings (SSSR count). The van der Waals surface area contributed by atoms with E-state index in [1.165, 1.54) is 44.9 Å². The first-order chi connectivity index (χ1) is 38.6. The molecule has 14 heteroatoms. The fourth-order valence-electron chi connectivity index (χ4n) is 8.88. The van der Waals surface area contributed by atoms with Gasteiger partial charge in [0.05, 0.1) is 26.4 Å². The molecule has 2 heterocycles. The summed E-state index contributed by atoms with van der Waals surface area (Å²) in [5.74, 6) is -0.397. The summed E-state index contributed by atoms with van der Waals surface area (Å²) in [5.41, 5.74) is 0. The van der Waals surface area contributed by atoms with Crippen LogP contribution in [0.15, 0.2) is 109 Å². The van der Waals surface area contributed by atoms with Gasteiger partial charge in [0.15, 0.2) is 12.6 Å². The first-order valence-electron chi connectivity index (χ1n) is 30.5. The molecule has 2 fully saturated rings. The highest BCUT2D eigenvalue weighted by Gasteiger charge is 2.47. The van der Waals surface area contributed by atoms with E-state index in [0.29, 0.717) is 13.0 Å². The monoisotopic (exact) mass is 1110 g/mol. The number of hydrogen-bond acceptors (Lipinski definition) is 14. The van der Waals surface area contributed by atoms with Gasteiger partial charge in [-0.3, -0.25) is 4.79 Å². The number of carbonyl (C=O) groups excluding carboxylic acids is 1. The van der Waals surface area contributed by atoms with E-state index in [0.717, 1.165) is 122 Å². The van der Waals surface area contributed by atoms with E-state index in [2.05, 4.69) is 123 Å². The molecule has 0 bridgehead atoms. The molecular formula is C65H108O14. The van der Waals surface area contributed by atoms with Crippen LogP contribution in [-0.4, -0.2) is 142 Å². The summed E-state index contributed by atoms with van der Waals surface area (Å²) in [7, 11) is 0. The Hall–Kier alpha value is -3.35. The maximum atomic E-state index is 13.1. The van der Waals surface area contributed by atoms with Crippen molar-refractivity contribution >= 4 is 5.97 Å². The number of esters is 1. The third-order valence-corrected chi connectivity index (χ3v) is 13.8. The van der Waals surface area contributed by atoms with Crippen molar-refractivity contribution in [3.05, 3.63) is 109 Å². The first-order valence-corrected chi connectivity index (χ1v) is 30.5. The molecule has 0 amide bonds. The highest BCUT2D eigenvalue weighted by atomic mass is 16.7. The normalized spacial score (nSPS) is 24.8. The molecule has 0 aliphatic carbocycles. The summed E-state index contributed by atoms with van der Waals surface area (Å²) in [6.07, 6.45) is 52.8. The van der Waals surface area contributed by atoms with Crippen molar-refractivity contribution in [1.82, 2.24) is 0 Å². The molecule has 0 saturated carbocycles. The molecule has 0 aromatic carbocycles. The Balaban J connectivity index is 1.71. The molecule has 11 unspecified atom stereocenters. The molecule has 0 spiro atoms. The topological polar surface area (TPSA) is 214 Å². The molecule has 14 nitrogen and oxygen atoms in total. The third-order valence-electron chi connectivity index (χ3n) is 13.8. The average Bonchev–Trinajstić information content (AvgIpc) is 3.46. The molecule has 79 heavy (non-hydrogen) atoms. The second kappa shape index (κ2) is 50.4. The lowest BCUT2D eigenvalue weighted by Crippen LogP contribution is -2.61. The number of unbranched alkanes of at least 4 members (excludes halogenated alkanes) is 16. The minimum atomic E-state index is -1.72. The first kappa shape index (κ1) is 71.8. The maximum absolute atomic E-state index is 13.1. The Kier molecular flexibility index (Phi) is 45.8. The zero-order valence-electron chi connectivity index (χ0n) is 48.6. The molecular weight excluding hydrogens is 1000 g/mol. The second-order valence-corrected chi connectivity index (χ2v) is 20.8. The summed E-state index contributed by atoms with van der Waals surface area (Å²) in [6.45, 7) is 3.49. The molecule has 0 aromatic heterocycles. The highest BCUT2D eigenvalue weighted by Crippen LogP contribution is 2.26. The van der Waals surface area contributed by atoms with Crippen molar-refractivity contribution in [2.24, 2.45) is 0 Å². The fourth-order valence-corrected chi connectivity index (χ4v) is 8.88. The smallest absolute Gasteiger partial charge is 0.306 e. The fraction of sp³-hybridized carbons (Fsp3) is 0.708. The van der Waals surface area contributed by atoms with Crippen LogP contribution in [0.5, 0.6) is 0 Å². The van der Waals surface area contributed by atoms with Gasteiger partial charge in [-0.2, -0.15) is 0 Å². The van der Waals surface area contributed by atoms with E-state index >= 15 is 0 Å². The van der Waals surface area contributed by atoms with Gasteiger partial charge in [0.1, 0.15) is 54.9 Å². The molecule has 11 atom stereocenters. The SMILES string of the molecule is CC/C=C\C/C=C\C/C=C\C/C=C\C/C=C\C/C=C\CCCCCCCCCOCC(COC1OC(COC2OC(CO)C(O)C(O)C2O)C(O)C(O)C1O)OC(=O)CCCCCCCC/C=C\C/C=C\C/C=C\CCCCC. The van der Waals surface area contributed by atoms with E-state index in [1.54, 1.807) is 0 Å². The summed E-state index contributed by atoms with van der Waals surface area (Å²) in [5, 5.41) is 72.4. The number of allylic oxidation sites excluding steroid dienone is 18. The quantitative estimate of drug-likeness (QED) is 0.0172. The van der Waals surface area contributed by atoms with Gasteiger partial charge in [-0.25, -0.2) is 0 Å². The van der Waals surface area contributed by atoms with Crippen LogP contribution in [0.25, 0.3) is 0 Å². The summed E-state index contributed by atoms with van der Waals surface area (Å²) in [4.78, 5) is 13.1. The molecule has 7 N–H and O–H groups in total. The van der Waals surface area contributed by atoms with Crippen molar-refractivity contribution < 1.29 is 69.0 Å². The van der Waals surface area contributed by atoms with E-state index in [4.69, 9.17) is 28.4 Å². The minimum Gasteiger partial charge on any atom is -0.457 e. The van der Waals surface area contributed by atoms with Crippen molar-refractivity contribution in [3.8, 4) is 0 Å². The number of aliphatic hydroxyl groups excluding tert-OH is 7. The largest absolute Gasteiger partial charge is 0.457 e. The lowest BCUT2D eigenvalue weighted by Gasteiger charge is -2.42. The van der Waals surface area contributed by atoms with Crippen LogP contribution in [0.2, 0.25) is 0 Å². The molecule has 0 radical (unpaired) electrons. The number of rotatable bonds is 48. The van der Waals surface area contributed by atoms with Crippen LogP contribution >= 0.6 is 0 Å². The van der Waals surface area contributed by atoms with Gasteiger partial charge in [-0.05, 0) is 103 Å². The van der Waals surface area contributed by atoms with Gasteiger partial charge >= 0.3 is 5.97 Å². The van der Waals surface area contributed by atoms with Gasteiger partial charge in [-0.15, -0.1) is 0 Å². The number of carbonyl (C=O) groups is 1.